The van der Waals surface area contributed by atoms with Gasteiger partial charge in [-0.05, 0) is 0 Å². The second kappa shape index (κ2) is 2.57. The molecule has 0 aromatic carbocycles. The van der Waals surface area contributed by atoms with Crippen LogP contribution in [-0.2, 0) is 4.74 Å². The minimum Gasteiger partial charge on any atom is -0.367 e. The molecule has 1 aliphatic rings. The SMILES string of the molecule is CC(C)c1ncc([C@@H]2CO2)s1. The van der Waals surface area contributed by atoms with Crippen LogP contribution in [0, 0.1) is 0 Å². The molecule has 0 N–H and O–H groups in total. The fraction of sp³-hybridized carbons (Fsp3) is 0.625. The molecule has 0 unspecified atom stereocenters. The molecule has 0 radical (unpaired) electrons. The molecular formula is C8H11NOS. The molecule has 3 heteroatoms. The first-order chi connectivity index (χ1) is 5.27. The number of thiazole rings is 1. The molecule has 11 heavy (non-hydrogen) atoms. The van der Waals surface area contributed by atoms with Crippen molar-refractivity contribution in [1.29, 1.82) is 0 Å². The number of nitrogens with zero attached hydrogens (tertiary/aromatic N) is 1. The van der Waals surface area contributed by atoms with Crippen LogP contribution in [0.2, 0.25) is 0 Å². The van der Waals surface area contributed by atoms with Gasteiger partial charge in [-0.15, -0.1) is 11.3 Å². The van der Waals surface area contributed by atoms with Crippen molar-refractivity contribution >= 4 is 11.3 Å². The summed E-state index contributed by atoms with van der Waals surface area (Å²) in [7, 11) is 0. The summed E-state index contributed by atoms with van der Waals surface area (Å²) >= 11 is 1.78. The summed E-state index contributed by atoms with van der Waals surface area (Å²) < 4.78 is 5.16. The minimum absolute atomic E-state index is 0.375. The molecule has 1 saturated heterocycles. The van der Waals surface area contributed by atoms with Crippen molar-refractivity contribution in [3.8, 4) is 0 Å². The second-order valence-electron chi connectivity index (χ2n) is 3.08. The van der Waals surface area contributed by atoms with E-state index in [1.807, 2.05) is 6.20 Å². The van der Waals surface area contributed by atoms with Crippen LogP contribution in [-0.4, -0.2) is 11.6 Å². The van der Waals surface area contributed by atoms with Crippen molar-refractivity contribution in [3.63, 3.8) is 0 Å². The van der Waals surface area contributed by atoms with E-state index in [9.17, 15) is 0 Å². The molecule has 1 atom stereocenters. The van der Waals surface area contributed by atoms with Crippen LogP contribution in [0.15, 0.2) is 6.20 Å². The second-order valence-corrected chi connectivity index (χ2v) is 4.17. The lowest BCUT2D eigenvalue weighted by molar-refractivity contribution is 0.418. The van der Waals surface area contributed by atoms with Crippen molar-refractivity contribution in [1.82, 2.24) is 4.98 Å². The zero-order valence-electron chi connectivity index (χ0n) is 6.70. The summed E-state index contributed by atoms with van der Waals surface area (Å²) in [6.45, 7) is 5.21. The van der Waals surface area contributed by atoms with E-state index in [0.29, 0.717) is 12.0 Å². The molecule has 2 nitrogen and oxygen atoms in total. The van der Waals surface area contributed by atoms with Gasteiger partial charge in [0.05, 0.1) is 16.5 Å². The van der Waals surface area contributed by atoms with Crippen LogP contribution in [0.1, 0.15) is 35.8 Å². The highest BCUT2D eigenvalue weighted by molar-refractivity contribution is 7.11. The maximum absolute atomic E-state index is 5.16. The van der Waals surface area contributed by atoms with Crippen LogP contribution in [0.4, 0.5) is 0 Å². The van der Waals surface area contributed by atoms with Gasteiger partial charge in [0.2, 0.25) is 0 Å². The highest BCUT2D eigenvalue weighted by Crippen LogP contribution is 2.35. The maximum Gasteiger partial charge on any atom is 0.117 e. The number of epoxide rings is 1. The lowest BCUT2D eigenvalue weighted by atomic mass is 10.2. The molecule has 1 aliphatic heterocycles. The fourth-order valence-electron chi connectivity index (χ4n) is 0.929. The predicted octanol–water partition coefficient (Wildman–Crippen LogP) is 2.34. The molecule has 1 fully saturated rings. The molecule has 60 valence electrons. The van der Waals surface area contributed by atoms with Gasteiger partial charge in [0.1, 0.15) is 6.10 Å². The Morgan fingerprint density at radius 3 is 2.91 bits per heavy atom. The van der Waals surface area contributed by atoms with Crippen molar-refractivity contribution in [3.05, 3.63) is 16.1 Å². The zero-order valence-corrected chi connectivity index (χ0v) is 7.52. The summed E-state index contributed by atoms with van der Waals surface area (Å²) in [4.78, 5) is 5.60. The molecule has 0 amide bonds. The van der Waals surface area contributed by atoms with Crippen LogP contribution >= 0.6 is 11.3 Å². The molecule has 0 bridgehead atoms. The number of hydrogen-bond donors (Lipinski definition) is 0. The van der Waals surface area contributed by atoms with Gasteiger partial charge in [-0.2, -0.15) is 0 Å². The van der Waals surface area contributed by atoms with E-state index in [2.05, 4.69) is 18.8 Å². The maximum atomic E-state index is 5.16. The molecule has 2 heterocycles. The summed E-state index contributed by atoms with van der Waals surface area (Å²) in [5, 5.41) is 1.22. The number of aromatic nitrogens is 1. The van der Waals surface area contributed by atoms with Crippen molar-refractivity contribution in [2.45, 2.75) is 25.9 Å². The molecule has 2 rings (SSSR count). The normalized spacial score (nSPS) is 22.6. The zero-order chi connectivity index (χ0) is 7.84. The van der Waals surface area contributed by atoms with Gasteiger partial charge in [-0.25, -0.2) is 4.98 Å². The topological polar surface area (TPSA) is 25.4 Å². The quantitative estimate of drug-likeness (QED) is 0.635. The number of rotatable bonds is 2. The minimum atomic E-state index is 0.375. The third-order valence-corrected chi connectivity index (χ3v) is 3.08. The van der Waals surface area contributed by atoms with Gasteiger partial charge >= 0.3 is 0 Å². The highest BCUT2D eigenvalue weighted by Gasteiger charge is 2.27. The van der Waals surface area contributed by atoms with Gasteiger partial charge < -0.3 is 4.74 Å². The Hall–Kier alpha value is -0.410. The number of ether oxygens (including phenoxy) is 1. The van der Waals surface area contributed by atoms with E-state index in [-0.39, 0.29) is 0 Å². The van der Waals surface area contributed by atoms with Gasteiger partial charge in [0.15, 0.2) is 0 Å². The fourth-order valence-corrected chi connectivity index (χ4v) is 1.88. The van der Waals surface area contributed by atoms with E-state index < -0.39 is 0 Å². The van der Waals surface area contributed by atoms with Crippen LogP contribution < -0.4 is 0 Å². The Morgan fingerprint density at radius 1 is 1.73 bits per heavy atom. The van der Waals surface area contributed by atoms with Crippen LogP contribution in [0.3, 0.4) is 0 Å². The Kier molecular flexibility index (Phi) is 1.69. The van der Waals surface area contributed by atoms with Crippen molar-refractivity contribution in [2.24, 2.45) is 0 Å². The predicted molar refractivity (Wildman–Crippen MR) is 44.9 cm³/mol. The van der Waals surface area contributed by atoms with Crippen LogP contribution in [0.5, 0.6) is 0 Å². The van der Waals surface area contributed by atoms with Crippen molar-refractivity contribution < 1.29 is 4.74 Å². The average molecular weight is 169 g/mol. The summed E-state index contributed by atoms with van der Waals surface area (Å²) in [5.74, 6) is 0.549. The number of hydrogen-bond acceptors (Lipinski definition) is 3. The standard InChI is InChI=1S/C8H11NOS/c1-5(2)8-9-3-7(11-8)6-4-10-6/h3,5-6H,4H2,1-2H3/t6-/m0/s1. The van der Waals surface area contributed by atoms with E-state index in [4.69, 9.17) is 4.74 Å². The van der Waals surface area contributed by atoms with E-state index in [1.54, 1.807) is 11.3 Å². The van der Waals surface area contributed by atoms with E-state index in [1.165, 1.54) is 9.88 Å². The first-order valence-corrected chi connectivity index (χ1v) is 4.66. The monoisotopic (exact) mass is 169 g/mol. The largest absolute Gasteiger partial charge is 0.367 e. The van der Waals surface area contributed by atoms with E-state index in [0.717, 1.165) is 6.61 Å². The Balaban J connectivity index is 2.18. The summed E-state index contributed by atoms with van der Waals surface area (Å²) in [6, 6.07) is 0. The molecule has 0 saturated carbocycles. The summed E-state index contributed by atoms with van der Waals surface area (Å²) in [5.41, 5.74) is 0. The molecular weight excluding hydrogens is 158 g/mol. The van der Waals surface area contributed by atoms with Gasteiger partial charge in [0.25, 0.3) is 0 Å². The van der Waals surface area contributed by atoms with Gasteiger partial charge in [-0.1, -0.05) is 13.8 Å². The average Bonchev–Trinajstić information content (AvgIpc) is 2.68. The smallest absolute Gasteiger partial charge is 0.117 e. The molecule has 1 aromatic rings. The first kappa shape index (κ1) is 7.25. The molecule has 0 spiro atoms. The third-order valence-electron chi connectivity index (χ3n) is 1.69. The summed E-state index contributed by atoms with van der Waals surface area (Å²) in [6.07, 6.45) is 2.32. The lowest BCUT2D eigenvalue weighted by Gasteiger charge is -1.94. The third kappa shape index (κ3) is 1.44. The molecule has 0 aliphatic carbocycles. The lowest BCUT2D eigenvalue weighted by Crippen LogP contribution is -1.81. The Labute approximate surface area is 70.2 Å². The first-order valence-electron chi connectivity index (χ1n) is 3.84. The van der Waals surface area contributed by atoms with E-state index >= 15 is 0 Å². The van der Waals surface area contributed by atoms with Gasteiger partial charge in [-0.3, -0.25) is 0 Å². The highest BCUT2D eigenvalue weighted by atomic mass is 32.1. The Morgan fingerprint density at radius 2 is 2.45 bits per heavy atom. The van der Waals surface area contributed by atoms with Crippen molar-refractivity contribution in [2.75, 3.05) is 6.61 Å². The van der Waals surface area contributed by atoms with Crippen LogP contribution in [0.25, 0.3) is 0 Å². The Bertz CT molecular complexity index is 236. The van der Waals surface area contributed by atoms with Gasteiger partial charge in [0, 0.05) is 12.1 Å². The molecule has 1 aromatic heterocycles.